The van der Waals surface area contributed by atoms with Crippen molar-refractivity contribution in [2.24, 2.45) is 0 Å². The fraction of sp³-hybridized carbons (Fsp3) is 0.0588. The lowest BCUT2D eigenvalue weighted by atomic mass is 10.2. The summed E-state index contributed by atoms with van der Waals surface area (Å²) in [7, 11) is 0. The molecule has 2 aromatic heterocycles. The number of halogens is 2. The number of nitrogens with zero attached hydrogens (tertiary/aromatic N) is 1. The van der Waals surface area contributed by atoms with E-state index in [4.69, 9.17) is 20.8 Å². The van der Waals surface area contributed by atoms with E-state index in [9.17, 15) is 9.18 Å². The van der Waals surface area contributed by atoms with E-state index in [1.807, 2.05) is 18.2 Å². The molecule has 0 N–H and O–H groups in total. The Hall–Kier alpha value is -2.44. The largest absolute Gasteiger partial charge is 0.451 e. The molecule has 7 heteroatoms. The highest BCUT2D eigenvalue weighted by Gasteiger charge is 2.19. The number of hydrogen-bond donors (Lipinski definition) is 0. The zero-order valence-corrected chi connectivity index (χ0v) is 13.7. The lowest BCUT2D eigenvalue weighted by Crippen LogP contribution is -2.03. The highest BCUT2D eigenvalue weighted by Crippen LogP contribution is 2.36. The zero-order chi connectivity index (χ0) is 16.7. The summed E-state index contributed by atoms with van der Waals surface area (Å²) < 4.78 is 24.6. The number of carbonyl (C=O) groups excluding carboxylic acids is 1. The quantitative estimate of drug-likeness (QED) is 0.471. The number of esters is 1. The molecule has 0 aliphatic carbocycles. The summed E-state index contributed by atoms with van der Waals surface area (Å²) in [6.07, 6.45) is 0. The number of benzene rings is 2. The third kappa shape index (κ3) is 2.64. The van der Waals surface area contributed by atoms with Gasteiger partial charge in [-0.2, -0.15) is 0 Å². The van der Waals surface area contributed by atoms with Crippen molar-refractivity contribution in [1.82, 2.24) is 4.98 Å². The lowest BCUT2D eigenvalue weighted by Gasteiger charge is -2.00. The van der Waals surface area contributed by atoms with Crippen LogP contribution in [0.4, 0.5) is 4.39 Å². The summed E-state index contributed by atoms with van der Waals surface area (Å²) in [6.45, 7) is -0.105. The molecule has 0 spiro atoms. The first-order chi connectivity index (χ1) is 11.6. The number of para-hydroxylation sites is 2. The summed E-state index contributed by atoms with van der Waals surface area (Å²) >= 11 is 7.29. The Morgan fingerprint density at radius 2 is 2.12 bits per heavy atom. The van der Waals surface area contributed by atoms with Crippen LogP contribution in [0, 0.1) is 5.82 Å². The number of fused-ring (bicyclic) bond motifs is 2. The van der Waals surface area contributed by atoms with E-state index in [0.717, 1.165) is 11.3 Å². The maximum atomic E-state index is 13.3. The molecule has 4 aromatic rings. The van der Waals surface area contributed by atoms with Crippen molar-refractivity contribution >= 4 is 50.1 Å². The molecule has 0 unspecified atom stereocenters. The van der Waals surface area contributed by atoms with Crippen molar-refractivity contribution in [2.45, 2.75) is 6.61 Å². The Labute approximate surface area is 144 Å². The van der Waals surface area contributed by atoms with Gasteiger partial charge in [-0.25, -0.2) is 14.2 Å². The molecule has 0 saturated carbocycles. The summed E-state index contributed by atoms with van der Waals surface area (Å²) in [5, 5.41) is 0.884. The molecule has 0 saturated heterocycles. The Morgan fingerprint density at radius 3 is 2.96 bits per heavy atom. The molecule has 2 aromatic carbocycles. The molecule has 120 valence electrons. The third-order valence-electron chi connectivity index (χ3n) is 3.44. The van der Waals surface area contributed by atoms with Gasteiger partial charge in [0.1, 0.15) is 16.2 Å². The second-order valence-electron chi connectivity index (χ2n) is 5.04. The third-order valence-corrected chi connectivity index (χ3v) is 5.08. The standard InChI is InChI=1S/C17H9ClFNO3S/c18-15-10-6-5-9(19)7-13(10)24-16(15)17(21)22-8-14-20-11-3-1-2-4-12(11)23-14/h1-7H,8H2. The monoisotopic (exact) mass is 361 g/mol. The van der Waals surface area contributed by atoms with E-state index in [-0.39, 0.29) is 22.3 Å². The van der Waals surface area contributed by atoms with Gasteiger partial charge in [0.15, 0.2) is 12.2 Å². The fourth-order valence-corrected chi connectivity index (χ4v) is 3.77. The maximum Gasteiger partial charge on any atom is 0.350 e. The molecule has 0 amide bonds. The van der Waals surface area contributed by atoms with Crippen LogP contribution in [0.5, 0.6) is 0 Å². The van der Waals surface area contributed by atoms with Crippen LogP contribution in [0.2, 0.25) is 5.02 Å². The predicted octanol–water partition coefficient (Wildman–Crippen LogP) is 5.19. The maximum absolute atomic E-state index is 13.3. The van der Waals surface area contributed by atoms with Crippen molar-refractivity contribution in [3.05, 3.63) is 64.1 Å². The predicted molar refractivity (Wildman–Crippen MR) is 89.9 cm³/mol. The smallest absolute Gasteiger partial charge is 0.350 e. The van der Waals surface area contributed by atoms with E-state index >= 15 is 0 Å². The number of carbonyl (C=O) groups is 1. The second kappa shape index (κ2) is 5.89. The van der Waals surface area contributed by atoms with E-state index in [0.29, 0.717) is 27.1 Å². The molecule has 0 fully saturated rings. The van der Waals surface area contributed by atoms with E-state index in [1.54, 1.807) is 12.1 Å². The van der Waals surface area contributed by atoms with Crippen LogP contribution >= 0.6 is 22.9 Å². The van der Waals surface area contributed by atoms with Gasteiger partial charge in [-0.15, -0.1) is 11.3 Å². The number of rotatable bonds is 3. The van der Waals surface area contributed by atoms with Gasteiger partial charge < -0.3 is 9.15 Å². The normalized spacial score (nSPS) is 11.2. The minimum Gasteiger partial charge on any atom is -0.451 e. The average molecular weight is 362 g/mol. The second-order valence-corrected chi connectivity index (χ2v) is 6.47. The highest BCUT2D eigenvalue weighted by atomic mass is 35.5. The molecule has 0 aliphatic heterocycles. The lowest BCUT2D eigenvalue weighted by molar-refractivity contribution is 0.0446. The summed E-state index contributed by atoms with van der Waals surface area (Å²) in [5.74, 6) is -0.677. The van der Waals surface area contributed by atoms with E-state index < -0.39 is 5.97 Å². The summed E-state index contributed by atoms with van der Waals surface area (Å²) in [5.41, 5.74) is 1.32. The van der Waals surface area contributed by atoms with Crippen LogP contribution in [0.15, 0.2) is 46.9 Å². The van der Waals surface area contributed by atoms with Crippen molar-refractivity contribution in [2.75, 3.05) is 0 Å². The number of hydrogen-bond acceptors (Lipinski definition) is 5. The summed E-state index contributed by atoms with van der Waals surface area (Å²) in [6, 6.07) is 11.4. The van der Waals surface area contributed by atoms with Crippen molar-refractivity contribution in [1.29, 1.82) is 0 Å². The Balaban J connectivity index is 1.56. The van der Waals surface area contributed by atoms with Crippen LogP contribution in [0.1, 0.15) is 15.6 Å². The van der Waals surface area contributed by atoms with Crippen LogP contribution < -0.4 is 0 Å². The molecule has 24 heavy (non-hydrogen) atoms. The van der Waals surface area contributed by atoms with Crippen molar-refractivity contribution in [3.63, 3.8) is 0 Å². The minimum atomic E-state index is -0.594. The molecular formula is C17H9ClFNO3S. The van der Waals surface area contributed by atoms with Crippen LogP contribution in [-0.4, -0.2) is 11.0 Å². The first kappa shape index (κ1) is 15.1. The van der Waals surface area contributed by atoms with Gasteiger partial charge in [-0.1, -0.05) is 23.7 Å². The van der Waals surface area contributed by atoms with Crippen LogP contribution in [0.25, 0.3) is 21.2 Å². The Bertz CT molecular complexity index is 1040. The molecule has 4 nitrogen and oxygen atoms in total. The minimum absolute atomic E-state index is 0.105. The SMILES string of the molecule is O=C(OCc1nc2ccccc2o1)c1sc2cc(F)ccc2c1Cl. The molecule has 0 aliphatic rings. The van der Waals surface area contributed by atoms with Gasteiger partial charge >= 0.3 is 5.97 Å². The van der Waals surface area contributed by atoms with Crippen molar-refractivity contribution in [3.8, 4) is 0 Å². The number of aromatic nitrogens is 1. The number of ether oxygens (including phenoxy) is 1. The Morgan fingerprint density at radius 1 is 1.29 bits per heavy atom. The number of oxazole rings is 1. The van der Waals surface area contributed by atoms with Gasteiger partial charge in [0, 0.05) is 10.1 Å². The van der Waals surface area contributed by atoms with E-state index in [1.165, 1.54) is 12.1 Å². The van der Waals surface area contributed by atoms with Gasteiger partial charge in [-0.3, -0.25) is 0 Å². The Kier molecular flexibility index (Phi) is 3.70. The molecule has 0 atom stereocenters. The molecule has 4 rings (SSSR count). The fourth-order valence-electron chi connectivity index (χ4n) is 2.34. The molecule has 0 radical (unpaired) electrons. The number of thiophene rings is 1. The average Bonchev–Trinajstić information content (AvgIpc) is 3.13. The topological polar surface area (TPSA) is 52.3 Å². The van der Waals surface area contributed by atoms with Crippen LogP contribution in [0.3, 0.4) is 0 Å². The first-order valence-electron chi connectivity index (χ1n) is 7.01. The zero-order valence-electron chi connectivity index (χ0n) is 12.1. The molecule has 0 bridgehead atoms. The van der Waals surface area contributed by atoms with E-state index in [2.05, 4.69) is 4.98 Å². The van der Waals surface area contributed by atoms with Gasteiger partial charge in [0.05, 0.1) is 5.02 Å². The van der Waals surface area contributed by atoms with Gasteiger partial charge in [0.25, 0.3) is 0 Å². The first-order valence-corrected chi connectivity index (χ1v) is 8.20. The summed E-state index contributed by atoms with van der Waals surface area (Å²) in [4.78, 5) is 16.7. The van der Waals surface area contributed by atoms with Gasteiger partial charge in [0.2, 0.25) is 5.89 Å². The van der Waals surface area contributed by atoms with Crippen molar-refractivity contribution < 1.29 is 18.3 Å². The molecular weight excluding hydrogens is 353 g/mol. The van der Waals surface area contributed by atoms with Gasteiger partial charge in [-0.05, 0) is 30.3 Å². The van der Waals surface area contributed by atoms with Crippen LogP contribution in [-0.2, 0) is 11.3 Å². The highest BCUT2D eigenvalue weighted by molar-refractivity contribution is 7.21. The molecule has 2 heterocycles.